The van der Waals surface area contributed by atoms with Crippen LogP contribution in [0.5, 0.6) is 0 Å². The predicted molar refractivity (Wildman–Crippen MR) is 61.6 cm³/mol. The lowest BCUT2D eigenvalue weighted by atomic mass is 9.79. The number of hydrogen-bond donors (Lipinski definition) is 0. The van der Waals surface area contributed by atoms with Crippen LogP contribution >= 0.6 is 0 Å². The van der Waals surface area contributed by atoms with Gasteiger partial charge in [-0.05, 0) is 44.9 Å². The second kappa shape index (κ2) is 5.00. The number of carbonyl (C=O) groups excluding carboxylic acids is 1. The molecule has 0 spiro atoms. The van der Waals surface area contributed by atoms with Crippen LogP contribution in [0.2, 0.25) is 0 Å². The summed E-state index contributed by atoms with van der Waals surface area (Å²) in [5.74, 6) is 0.562. The van der Waals surface area contributed by atoms with Crippen LogP contribution in [0.1, 0.15) is 59.8 Å². The van der Waals surface area contributed by atoms with Gasteiger partial charge in [-0.25, -0.2) is 0 Å². The lowest BCUT2D eigenvalue weighted by Gasteiger charge is -2.33. The Morgan fingerprint density at radius 2 is 2.07 bits per heavy atom. The molecular formula is C13H24O2. The third-order valence-electron chi connectivity index (χ3n) is 3.46. The molecule has 0 radical (unpaired) electrons. The number of rotatable bonds is 5. The van der Waals surface area contributed by atoms with Crippen molar-refractivity contribution in [1.82, 2.24) is 0 Å². The summed E-state index contributed by atoms with van der Waals surface area (Å²) in [6.45, 7) is 8.42. The zero-order valence-corrected chi connectivity index (χ0v) is 10.5. The van der Waals surface area contributed by atoms with Gasteiger partial charge in [0, 0.05) is 0 Å². The molecule has 1 rings (SSSR count). The van der Waals surface area contributed by atoms with Gasteiger partial charge in [0.05, 0.1) is 5.41 Å². The van der Waals surface area contributed by atoms with Crippen LogP contribution in [0.25, 0.3) is 0 Å². The normalized spacial score (nSPS) is 20.9. The molecular weight excluding hydrogens is 188 g/mol. The molecule has 1 unspecified atom stereocenters. The molecule has 0 aromatic heterocycles. The van der Waals surface area contributed by atoms with Gasteiger partial charge in [-0.2, -0.15) is 0 Å². The van der Waals surface area contributed by atoms with Crippen molar-refractivity contribution in [2.45, 2.75) is 65.9 Å². The van der Waals surface area contributed by atoms with E-state index in [-0.39, 0.29) is 17.5 Å². The Hall–Kier alpha value is -0.530. The minimum atomic E-state index is -0.274. The maximum absolute atomic E-state index is 12.0. The van der Waals surface area contributed by atoms with Crippen LogP contribution in [0.4, 0.5) is 0 Å². The van der Waals surface area contributed by atoms with Gasteiger partial charge in [-0.1, -0.05) is 20.8 Å². The fourth-order valence-electron chi connectivity index (χ4n) is 2.06. The lowest BCUT2D eigenvalue weighted by molar-refractivity contribution is -0.165. The van der Waals surface area contributed by atoms with E-state index in [0.717, 1.165) is 25.7 Å². The van der Waals surface area contributed by atoms with Crippen LogP contribution in [0.3, 0.4) is 0 Å². The quantitative estimate of drug-likeness (QED) is 0.651. The molecule has 0 aliphatic heterocycles. The van der Waals surface area contributed by atoms with Crippen molar-refractivity contribution in [3.8, 4) is 0 Å². The van der Waals surface area contributed by atoms with Crippen LogP contribution in [0, 0.1) is 11.3 Å². The van der Waals surface area contributed by atoms with Crippen molar-refractivity contribution >= 4 is 5.97 Å². The van der Waals surface area contributed by atoms with Gasteiger partial charge < -0.3 is 4.74 Å². The maximum Gasteiger partial charge on any atom is 0.312 e. The molecule has 0 heterocycles. The minimum Gasteiger partial charge on any atom is -0.462 e. The van der Waals surface area contributed by atoms with E-state index in [2.05, 4.69) is 20.8 Å². The summed E-state index contributed by atoms with van der Waals surface area (Å²) in [4.78, 5) is 12.0. The van der Waals surface area contributed by atoms with Crippen molar-refractivity contribution in [2.75, 3.05) is 0 Å². The Morgan fingerprint density at radius 3 is 2.40 bits per heavy atom. The minimum absolute atomic E-state index is 0.0170. The van der Waals surface area contributed by atoms with Crippen LogP contribution in [-0.2, 0) is 9.53 Å². The summed E-state index contributed by atoms with van der Waals surface area (Å²) in [6, 6.07) is 0. The summed E-state index contributed by atoms with van der Waals surface area (Å²) in [7, 11) is 0. The highest BCUT2D eigenvalue weighted by atomic mass is 16.5. The fourth-order valence-corrected chi connectivity index (χ4v) is 2.06. The van der Waals surface area contributed by atoms with E-state index in [1.165, 1.54) is 6.42 Å². The molecule has 1 fully saturated rings. The topological polar surface area (TPSA) is 26.3 Å². The standard InChI is InChI=1S/C13H24O2/c1-5-13(4,9-10(2)3)12(14)15-11-7-6-8-11/h10-11H,5-9H2,1-4H3. The highest BCUT2D eigenvalue weighted by Gasteiger charge is 2.36. The molecule has 2 heteroatoms. The molecule has 1 atom stereocenters. The highest BCUT2D eigenvalue weighted by molar-refractivity contribution is 5.76. The molecule has 88 valence electrons. The van der Waals surface area contributed by atoms with E-state index in [1.807, 2.05) is 6.92 Å². The molecule has 15 heavy (non-hydrogen) atoms. The summed E-state index contributed by atoms with van der Waals surface area (Å²) < 4.78 is 5.50. The summed E-state index contributed by atoms with van der Waals surface area (Å²) in [6.07, 6.45) is 5.35. The van der Waals surface area contributed by atoms with Crippen molar-refractivity contribution in [3.05, 3.63) is 0 Å². The zero-order valence-electron chi connectivity index (χ0n) is 10.5. The molecule has 1 saturated carbocycles. The first-order valence-electron chi connectivity index (χ1n) is 6.19. The first-order valence-corrected chi connectivity index (χ1v) is 6.19. The third-order valence-corrected chi connectivity index (χ3v) is 3.46. The van der Waals surface area contributed by atoms with Crippen molar-refractivity contribution in [2.24, 2.45) is 11.3 Å². The number of esters is 1. The van der Waals surface area contributed by atoms with E-state index >= 15 is 0 Å². The zero-order chi connectivity index (χ0) is 11.5. The summed E-state index contributed by atoms with van der Waals surface area (Å²) in [5, 5.41) is 0. The molecule has 0 aromatic rings. The van der Waals surface area contributed by atoms with Crippen LogP contribution in [0.15, 0.2) is 0 Å². The van der Waals surface area contributed by atoms with Gasteiger partial charge in [0.2, 0.25) is 0 Å². The Balaban J connectivity index is 2.50. The van der Waals surface area contributed by atoms with Gasteiger partial charge >= 0.3 is 5.97 Å². The first kappa shape index (κ1) is 12.5. The monoisotopic (exact) mass is 212 g/mol. The van der Waals surface area contributed by atoms with Gasteiger partial charge in [0.25, 0.3) is 0 Å². The number of ether oxygens (including phenoxy) is 1. The van der Waals surface area contributed by atoms with Gasteiger partial charge in [0.1, 0.15) is 6.10 Å². The Bertz CT molecular complexity index is 219. The molecule has 0 N–H and O–H groups in total. The molecule has 0 aromatic carbocycles. The van der Waals surface area contributed by atoms with Crippen LogP contribution < -0.4 is 0 Å². The molecule has 0 saturated heterocycles. The lowest BCUT2D eigenvalue weighted by Crippen LogP contribution is -2.36. The molecule has 2 nitrogen and oxygen atoms in total. The SMILES string of the molecule is CCC(C)(CC(C)C)C(=O)OC1CCC1. The second-order valence-corrected chi connectivity index (χ2v) is 5.47. The largest absolute Gasteiger partial charge is 0.462 e. The average molecular weight is 212 g/mol. The Morgan fingerprint density at radius 1 is 1.47 bits per heavy atom. The Kier molecular flexibility index (Phi) is 4.18. The molecule has 0 amide bonds. The third kappa shape index (κ3) is 3.22. The van der Waals surface area contributed by atoms with Gasteiger partial charge in [-0.3, -0.25) is 4.79 Å². The highest BCUT2D eigenvalue weighted by Crippen LogP contribution is 2.33. The fraction of sp³-hybridized carbons (Fsp3) is 0.923. The van der Waals surface area contributed by atoms with Crippen LogP contribution in [-0.4, -0.2) is 12.1 Å². The molecule has 0 bridgehead atoms. The first-order chi connectivity index (χ1) is 6.98. The summed E-state index contributed by atoms with van der Waals surface area (Å²) >= 11 is 0. The summed E-state index contributed by atoms with van der Waals surface area (Å²) in [5.41, 5.74) is -0.274. The predicted octanol–water partition coefficient (Wildman–Crippen LogP) is 3.54. The maximum atomic E-state index is 12.0. The van der Waals surface area contributed by atoms with Crippen molar-refractivity contribution < 1.29 is 9.53 Å². The molecule has 1 aliphatic rings. The molecule has 1 aliphatic carbocycles. The Labute approximate surface area is 93.4 Å². The van der Waals surface area contributed by atoms with Crippen molar-refractivity contribution in [3.63, 3.8) is 0 Å². The second-order valence-electron chi connectivity index (χ2n) is 5.47. The van der Waals surface area contributed by atoms with E-state index in [0.29, 0.717) is 5.92 Å². The van der Waals surface area contributed by atoms with E-state index < -0.39 is 0 Å². The number of carbonyl (C=O) groups is 1. The van der Waals surface area contributed by atoms with E-state index in [9.17, 15) is 4.79 Å². The van der Waals surface area contributed by atoms with E-state index in [4.69, 9.17) is 4.74 Å². The average Bonchev–Trinajstić information content (AvgIpc) is 2.09. The van der Waals surface area contributed by atoms with E-state index in [1.54, 1.807) is 0 Å². The number of hydrogen-bond acceptors (Lipinski definition) is 2. The van der Waals surface area contributed by atoms with Gasteiger partial charge in [0.15, 0.2) is 0 Å². The van der Waals surface area contributed by atoms with Gasteiger partial charge in [-0.15, -0.1) is 0 Å². The smallest absolute Gasteiger partial charge is 0.312 e. The van der Waals surface area contributed by atoms with Crippen molar-refractivity contribution in [1.29, 1.82) is 0 Å².